The molecule has 0 saturated heterocycles. The summed E-state index contributed by atoms with van der Waals surface area (Å²) in [6.07, 6.45) is 9.82. The zero-order valence-corrected chi connectivity index (χ0v) is 10.0. The minimum absolute atomic E-state index is 0.0178. The predicted molar refractivity (Wildman–Crippen MR) is 62.3 cm³/mol. The fraction of sp³-hybridized carbons (Fsp3) is 0.727. The van der Waals surface area contributed by atoms with E-state index in [1.807, 2.05) is 0 Å². The highest BCUT2D eigenvalue weighted by molar-refractivity contribution is 14.1. The smallest absolute Gasteiger partial charge is 0.204 e. The number of allylic oxidation sites excluding steroid dienone is 1. The maximum atomic E-state index is 5.78. The Morgan fingerprint density at radius 2 is 2.29 bits per heavy atom. The molecule has 0 N–H and O–H groups in total. The maximum absolute atomic E-state index is 5.78. The minimum Gasteiger partial charge on any atom is -0.377 e. The number of fused-ring (bicyclic) bond motifs is 3. The molecule has 3 heteroatoms. The van der Waals surface area contributed by atoms with Gasteiger partial charge in [0.1, 0.15) is 0 Å². The van der Waals surface area contributed by atoms with Gasteiger partial charge >= 0.3 is 0 Å². The molecule has 3 aliphatic carbocycles. The van der Waals surface area contributed by atoms with Crippen LogP contribution in [0.15, 0.2) is 17.3 Å². The zero-order chi connectivity index (χ0) is 9.39. The van der Waals surface area contributed by atoms with Crippen molar-refractivity contribution in [2.24, 2.45) is 22.4 Å². The Labute approximate surface area is 96.9 Å². The molecule has 2 bridgehead atoms. The van der Waals surface area contributed by atoms with E-state index in [1.165, 1.54) is 31.4 Å². The molecular weight excluding hydrogens is 289 g/mol. The summed E-state index contributed by atoms with van der Waals surface area (Å²) in [5, 5.41) is 4.35. The molecule has 74 valence electrons. The molecule has 0 aromatic carbocycles. The molecule has 4 rings (SSSR count). The van der Waals surface area contributed by atoms with Crippen molar-refractivity contribution in [3.63, 3.8) is 0 Å². The third-order valence-electron chi connectivity index (χ3n) is 4.59. The van der Waals surface area contributed by atoms with Crippen molar-refractivity contribution in [2.45, 2.75) is 29.3 Å². The third kappa shape index (κ3) is 0.597. The van der Waals surface area contributed by atoms with E-state index in [9.17, 15) is 0 Å². The second kappa shape index (κ2) is 2.20. The van der Waals surface area contributed by atoms with Crippen LogP contribution in [0.2, 0.25) is 0 Å². The fourth-order valence-corrected chi connectivity index (χ4v) is 5.53. The van der Waals surface area contributed by atoms with Gasteiger partial charge < -0.3 is 4.84 Å². The number of hydrogen-bond acceptors (Lipinski definition) is 2. The van der Waals surface area contributed by atoms with Gasteiger partial charge in [0.05, 0.1) is 11.1 Å². The minimum atomic E-state index is -0.0178. The number of halogens is 1. The van der Waals surface area contributed by atoms with E-state index in [0.717, 1.165) is 0 Å². The van der Waals surface area contributed by atoms with Gasteiger partial charge in [-0.25, -0.2) is 0 Å². The summed E-state index contributed by atoms with van der Waals surface area (Å²) in [6.45, 7) is 0. The number of nitrogens with zero attached hydrogens (tertiary/aromatic N) is 1. The third-order valence-corrected chi connectivity index (χ3v) is 6.55. The second-order valence-electron chi connectivity index (χ2n) is 4.93. The summed E-state index contributed by atoms with van der Waals surface area (Å²) in [5.74, 6) is 1.32. The van der Waals surface area contributed by atoms with Gasteiger partial charge in [-0.15, -0.1) is 0 Å². The molecule has 0 amide bonds. The van der Waals surface area contributed by atoms with Gasteiger partial charge in [-0.1, -0.05) is 17.3 Å². The monoisotopic (exact) mass is 301 g/mol. The van der Waals surface area contributed by atoms with Crippen LogP contribution in [0.4, 0.5) is 0 Å². The Kier molecular flexibility index (Phi) is 1.28. The normalized spacial score (nSPS) is 57.1. The quantitative estimate of drug-likeness (QED) is 0.383. The fourth-order valence-electron chi connectivity index (χ4n) is 3.99. The van der Waals surface area contributed by atoms with Crippen molar-refractivity contribution in [3.8, 4) is 0 Å². The van der Waals surface area contributed by atoms with Gasteiger partial charge in [0.2, 0.25) is 3.61 Å². The molecule has 1 heterocycles. The molecule has 4 atom stereocenters. The lowest BCUT2D eigenvalue weighted by Gasteiger charge is -2.38. The van der Waals surface area contributed by atoms with Gasteiger partial charge in [-0.2, -0.15) is 0 Å². The molecule has 2 saturated carbocycles. The molecule has 2 nitrogen and oxygen atoms in total. The van der Waals surface area contributed by atoms with Crippen LogP contribution in [-0.2, 0) is 4.84 Å². The Morgan fingerprint density at radius 1 is 1.43 bits per heavy atom. The molecule has 4 unspecified atom stereocenters. The van der Waals surface area contributed by atoms with Crippen LogP contribution in [0.5, 0.6) is 0 Å². The first-order valence-electron chi connectivity index (χ1n) is 5.40. The Balaban J connectivity index is 1.98. The molecule has 14 heavy (non-hydrogen) atoms. The summed E-state index contributed by atoms with van der Waals surface area (Å²) in [6, 6.07) is 0. The second-order valence-corrected chi connectivity index (χ2v) is 6.54. The van der Waals surface area contributed by atoms with Crippen molar-refractivity contribution >= 4 is 28.3 Å². The summed E-state index contributed by atoms with van der Waals surface area (Å²) in [7, 11) is 0. The van der Waals surface area contributed by atoms with Crippen molar-refractivity contribution < 1.29 is 4.84 Å². The van der Waals surface area contributed by atoms with Gasteiger partial charge in [-0.3, -0.25) is 0 Å². The van der Waals surface area contributed by atoms with Crippen LogP contribution >= 0.6 is 22.6 Å². The highest BCUT2D eigenvalue weighted by Crippen LogP contribution is 2.70. The van der Waals surface area contributed by atoms with E-state index in [-0.39, 0.29) is 3.61 Å². The highest BCUT2D eigenvalue weighted by atomic mass is 127. The molecule has 1 aliphatic heterocycles. The average Bonchev–Trinajstić information content (AvgIpc) is 2.83. The van der Waals surface area contributed by atoms with E-state index in [2.05, 4.69) is 39.9 Å². The van der Waals surface area contributed by atoms with Gasteiger partial charge in [-0.05, 0) is 54.2 Å². The van der Waals surface area contributed by atoms with E-state index < -0.39 is 0 Å². The SMILES string of the molecule is IC12ON=C3CCCC31C1C=CC2C1. The van der Waals surface area contributed by atoms with Crippen LogP contribution in [-0.4, -0.2) is 9.32 Å². The van der Waals surface area contributed by atoms with Crippen molar-refractivity contribution in [3.05, 3.63) is 12.2 Å². The van der Waals surface area contributed by atoms with Crippen LogP contribution < -0.4 is 0 Å². The van der Waals surface area contributed by atoms with E-state index in [4.69, 9.17) is 4.84 Å². The lowest BCUT2D eigenvalue weighted by Crippen LogP contribution is -2.46. The van der Waals surface area contributed by atoms with Crippen molar-refractivity contribution in [1.82, 2.24) is 0 Å². The first-order valence-corrected chi connectivity index (χ1v) is 6.48. The van der Waals surface area contributed by atoms with Gasteiger partial charge in [0.25, 0.3) is 0 Å². The van der Waals surface area contributed by atoms with E-state index in [0.29, 0.717) is 17.3 Å². The number of oxime groups is 1. The van der Waals surface area contributed by atoms with Gasteiger partial charge in [0.15, 0.2) is 0 Å². The molecule has 0 aromatic rings. The Hall–Kier alpha value is -0.0600. The number of alkyl halides is 1. The van der Waals surface area contributed by atoms with E-state index >= 15 is 0 Å². The van der Waals surface area contributed by atoms with Crippen LogP contribution in [0.3, 0.4) is 0 Å². The number of hydrogen-bond donors (Lipinski definition) is 0. The molecule has 0 aromatic heterocycles. The lowest BCUT2D eigenvalue weighted by molar-refractivity contribution is -0.00202. The van der Waals surface area contributed by atoms with Crippen molar-refractivity contribution in [2.75, 3.05) is 0 Å². The van der Waals surface area contributed by atoms with Crippen LogP contribution in [0, 0.1) is 17.3 Å². The molecule has 1 spiro atoms. The summed E-state index contributed by atoms with van der Waals surface area (Å²) < 4.78 is -0.0178. The average molecular weight is 301 g/mol. The zero-order valence-electron chi connectivity index (χ0n) is 7.87. The standard InChI is InChI=1S/C11H12INO/c12-11-8-4-3-7(6-8)10(11)5-1-2-9(10)13-14-11/h3-4,7-8H,1-2,5-6H2. The Morgan fingerprint density at radius 3 is 3.21 bits per heavy atom. The lowest BCUT2D eigenvalue weighted by atomic mass is 9.72. The number of rotatable bonds is 0. The predicted octanol–water partition coefficient (Wildman–Crippen LogP) is 2.88. The first-order chi connectivity index (χ1) is 6.77. The first kappa shape index (κ1) is 8.13. The van der Waals surface area contributed by atoms with E-state index in [1.54, 1.807) is 0 Å². The summed E-state index contributed by atoms with van der Waals surface area (Å²) in [5.41, 5.74) is 1.66. The molecular formula is C11H12INO. The molecule has 4 aliphatic rings. The maximum Gasteiger partial charge on any atom is 0.204 e. The summed E-state index contributed by atoms with van der Waals surface area (Å²) in [4.78, 5) is 5.78. The molecule has 0 radical (unpaired) electrons. The topological polar surface area (TPSA) is 21.6 Å². The molecule has 2 fully saturated rings. The largest absolute Gasteiger partial charge is 0.377 e. The van der Waals surface area contributed by atoms with Crippen LogP contribution in [0.25, 0.3) is 0 Å². The van der Waals surface area contributed by atoms with Crippen molar-refractivity contribution in [1.29, 1.82) is 0 Å². The van der Waals surface area contributed by atoms with Crippen LogP contribution in [0.1, 0.15) is 25.7 Å². The Bertz CT molecular complexity index is 377. The van der Waals surface area contributed by atoms with Gasteiger partial charge in [0, 0.05) is 5.92 Å². The highest BCUT2D eigenvalue weighted by Gasteiger charge is 2.72. The summed E-state index contributed by atoms with van der Waals surface area (Å²) >= 11 is 2.53.